The summed E-state index contributed by atoms with van der Waals surface area (Å²) in [5.74, 6) is -2.94. The number of esters is 4. The van der Waals surface area contributed by atoms with Crippen molar-refractivity contribution in [2.75, 3.05) is 41.5 Å². The number of likely N-dealkylation sites (N-methyl/N-ethyl adjacent to an activating group) is 1. The highest BCUT2D eigenvalue weighted by Crippen LogP contribution is 1.96. The lowest BCUT2D eigenvalue weighted by Gasteiger charge is -2.18. The van der Waals surface area contributed by atoms with Crippen LogP contribution >= 0.6 is 0 Å². The minimum atomic E-state index is -0.777. The van der Waals surface area contributed by atoms with Crippen molar-refractivity contribution in [1.82, 2.24) is 0 Å². The number of quaternary nitrogens is 1. The van der Waals surface area contributed by atoms with E-state index in [-0.39, 0.29) is 6.61 Å². The Balaban J connectivity index is 4.56. The summed E-state index contributed by atoms with van der Waals surface area (Å²) in [5.41, 5.74) is 0. The third-order valence-electron chi connectivity index (χ3n) is 2.44. The van der Waals surface area contributed by atoms with Crippen molar-refractivity contribution < 1.29 is 43.0 Å². The van der Waals surface area contributed by atoms with E-state index in [0.717, 1.165) is 29.2 Å². The molecule has 0 aliphatic heterocycles. The van der Waals surface area contributed by atoms with Crippen LogP contribution in [0, 0.1) is 0 Å². The van der Waals surface area contributed by atoms with Crippen molar-refractivity contribution in [3.63, 3.8) is 0 Å². The third-order valence-corrected chi connectivity index (χ3v) is 2.44. The lowest BCUT2D eigenvalue weighted by molar-refractivity contribution is -0.861. The summed E-state index contributed by atoms with van der Waals surface area (Å²) in [6.07, 6.45) is 2.94. The van der Waals surface area contributed by atoms with Crippen LogP contribution in [0.1, 0.15) is 0 Å². The molecule has 1 atom stereocenters. The molecule has 9 nitrogen and oxygen atoms in total. The Hall–Kier alpha value is -2.68. The van der Waals surface area contributed by atoms with Crippen LogP contribution < -0.4 is 4.90 Å². The standard InChI is InChI=1S/C15H21NO8/c1-16(2)9-11(24-15(20)8-6-13(18)22-4)10-23-14(19)7-5-12(17)21-3/h5-8,11H,9-10H2,1-4H3/p+1/b7-5+,8-6+. The van der Waals surface area contributed by atoms with E-state index in [0.29, 0.717) is 6.54 Å². The fourth-order valence-corrected chi connectivity index (χ4v) is 1.42. The van der Waals surface area contributed by atoms with Gasteiger partial charge < -0.3 is 23.8 Å². The number of nitrogens with one attached hydrogen (secondary N) is 1. The minimum Gasteiger partial charge on any atom is -0.466 e. The minimum absolute atomic E-state index is 0.201. The van der Waals surface area contributed by atoms with E-state index in [1.54, 1.807) is 0 Å². The van der Waals surface area contributed by atoms with Gasteiger partial charge in [0.05, 0.1) is 28.3 Å². The Kier molecular flexibility index (Phi) is 10.5. The number of methoxy groups -OCH3 is 2. The molecule has 0 spiro atoms. The highest BCUT2D eigenvalue weighted by Gasteiger charge is 2.18. The summed E-state index contributed by atoms with van der Waals surface area (Å²) in [5, 5.41) is 0. The van der Waals surface area contributed by atoms with Gasteiger partial charge in [-0.15, -0.1) is 0 Å². The van der Waals surface area contributed by atoms with Gasteiger partial charge in [0.1, 0.15) is 13.2 Å². The zero-order valence-corrected chi connectivity index (χ0v) is 14.1. The third kappa shape index (κ3) is 11.0. The Morgan fingerprint density at radius 1 is 0.833 bits per heavy atom. The Bertz CT molecular complexity index is 510. The molecule has 0 bridgehead atoms. The summed E-state index contributed by atoms with van der Waals surface area (Å²) < 4.78 is 18.7. The first-order valence-corrected chi connectivity index (χ1v) is 6.97. The molecule has 0 saturated heterocycles. The van der Waals surface area contributed by atoms with Crippen LogP contribution in [-0.4, -0.2) is 71.4 Å². The SMILES string of the molecule is COC(=O)/C=C/C(=O)OCC(C[NH+](C)C)OC(=O)/C=C/C(=O)OC. The molecule has 0 aromatic rings. The van der Waals surface area contributed by atoms with Gasteiger partial charge in [-0.1, -0.05) is 0 Å². The van der Waals surface area contributed by atoms with Gasteiger partial charge in [-0.2, -0.15) is 0 Å². The highest BCUT2D eigenvalue weighted by atomic mass is 16.6. The molecule has 0 rings (SSSR count). The fraction of sp³-hybridized carbons (Fsp3) is 0.467. The van der Waals surface area contributed by atoms with E-state index in [9.17, 15) is 19.2 Å². The van der Waals surface area contributed by atoms with Gasteiger partial charge in [0.15, 0.2) is 6.10 Å². The monoisotopic (exact) mass is 344 g/mol. The lowest BCUT2D eigenvalue weighted by atomic mass is 10.3. The average Bonchev–Trinajstić information content (AvgIpc) is 2.54. The topological polar surface area (TPSA) is 110 Å². The van der Waals surface area contributed by atoms with Gasteiger partial charge >= 0.3 is 23.9 Å². The zero-order chi connectivity index (χ0) is 18.5. The first kappa shape index (κ1) is 21.3. The maximum absolute atomic E-state index is 11.6. The number of ether oxygens (including phenoxy) is 4. The fourth-order valence-electron chi connectivity index (χ4n) is 1.42. The molecule has 0 fully saturated rings. The van der Waals surface area contributed by atoms with Crippen molar-refractivity contribution in [1.29, 1.82) is 0 Å². The van der Waals surface area contributed by atoms with Gasteiger partial charge in [0, 0.05) is 24.3 Å². The van der Waals surface area contributed by atoms with Crippen LogP contribution in [0.3, 0.4) is 0 Å². The van der Waals surface area contributed by atoms with E-state index in [2.05, 4.69) is 9.47 Å². The average molecular weight is 344 g/mol. The second kappa shape index (κ2) is 11.8. The number of hydrogen-bond donors (Lipinski definition) is 1. The van der Waals surface area contributed by atoms with Crippen molar-refractivity contribution in [3.8, 4) is 0 Å². The van der Waals surface area contributed by atoms with Crippen molar-refractivity contribution in [3.05, 3.63) is 24.3 Å². The van der Waals surface area contributed by atoms with Gasteiger partial charge in [0.2, 0.25) is 0 Å². The van der Waals surface area contributed by atoms with Crippen LogP contribution in [-0.2, 0) is 38.1 Å². The van der Waals surface area contributed by atoms with E-state index >= 15 is 0 Å². The molecule has 0 radical (unpaired) electrons. The largest absolute Gasteiger partial charge is 0.466 e. The maximum Gasteiger partial charge on any atom is 0.331 e. The molecule has 0 amide bonds. The van der Waals surface area contributed by atoms with Crippen LogP contribution in [0.15, 0.2) is 24.3 Å². The molecular weight excluding hydrogens is 322 g/mol. The van der Waals surface area contributed by atoms with Crippen LogP contribution in [0.2, 0.25) is 0 Å². The van der Waals surface area contributed by atoms with Gasteiger partial charge in [-0.3, -0.25) is 0 Å². The molecule has 1 unspecified atom stereocenters. The zero-order valence-electron chi connectivity index (χ0n) is 14.1. The number of carbonyl (C=O) groups excluding carboxylic acids is 4. The van der Waals surface area contributed by atoms with Gasteiger partial charge in [0.25, 0.3) is 0 Å². The highest BCUT2D eigenvalue weighted by molar-refractivity contribution is 5.92. The molecule has 134 valence electrons. The predicted molar refractivity (Wildman–Crippen MR) is 80.8 cm³/mol. The van der Waals surface area contributed by atoms with Crippen LogP contribution in [0.5, 0.6) is 0 Å². The first-order chi connectivity index (χ1) is 11.3. The molecule has 0 aromatic carbocycles. The molecule has 0 aliphatic rings. The Morgan fingerprint density at radius 3 is 1.75 bits per heavy atom. The Labute approximate surface area is 139 Å². The smallest absolute Gasteiger partial charge is 0.331 e. The van der Waals surface area contributed by atoms with Crippen LogP contribution in [0.25, 0.3) is 0 Å². The molecule has 0 heterocycles. The summed E-state index contributed by atoms with van der Waals surface area (Å²) >= 11 is 0. The number of hydrogen-bond acceptors (Lipinski definition) is 8. The van der Waals surface area contributed by atoms with Crippen molar-refractivity contribution >= 4 is 23.9 Å². The van der Waals surface area contributed by atoms with Crippen LogP contribution in [0.4, 0.5) is 0 Å². The van der Waals surface area contributed by atoms with E-state index in [4.69, 9.17) is 9.47 Å². The summed E-state index contributed by atoms with van der Waals surface area (Å²) in [4.78, 5) is 45.8. The van der Waals surface area contributed by atoms with Crippen molar-refractivity contribution in [2.24, 2.45) is 0 Å². The summed E-state index contributed by atoms with van der Waals surface area (Å²) in [7, 11) is 6.00. The van der Waals surface area contributed by atoms with E-state index in [1.807, 2.05) is 14.1 Å². The number of rotatable bonds is 9. The molecule has 24 heavy (non-hydrogen) atoms. The van der Waals surface area contributed by atoms with E-state index in [1.165, 1.54) is 14.2 Å². The molecule has 0 aromatic heterocycles. The quantitative estimate of drug-likeness (QED) is 0.292. The number of carbonyl (C=O) groups is 4. The first-order valence-electron chi connectivity index (χ1n) is 6.97. The van der Waals surface area contributed by atoms with Gasteiger partial charge in [-0.05, 0) is 0 Å². The molecule has 1 N–H and O–H groups in total. The summed E-state index contributed by atoms with van der Waals surface area (Å²) in [6.45, 7) is 0.166. The maximum atomic E-state index is 11.6. The lowest BCUT2D eigenvalue weighted by Crippen LogP contribution is -3.07. The molecule has 0 aliphatic carbocycles. The second-order valence-corrected chi connectivity index (χ2v) is 4.81. The predicted octanol–water partition coefficient (Wildman–Crippen LogP) is -1.96. The van der Waals surface area contributed by atoms with E-state index < -0.39 is 30.0 Å². The molecule has 0 saturated carbocycles. The van der Waals surface area contributed by atoms with Crippen molar-refractivity contribution in [2.45, 2.75) is 6.10 Å². The van der Waals surface area contributed by atoms with Gasteiger partial charge in [-0.25, -0.2) is 19.2 Å². The molecule has 9 heteroatoms. The second-order valence-electron chi connectivity index (χ2n) is 4.81. The Morgan fingerprint density at radius 2 is 1.29 bits per heavy atom. The normalized spacial score (nSPS) is 12.2. The summed E-state index contributed by atoms with van der Waals surface area (Å²) in [6, 6.07) is 0. The molecular formula is C15H22NO8+.